The predicted octanol–water partition coefficient (Wildman–Crippen LogP) is 3.14. The summed E-state index contributed by atoms with van der Waals surface area (Å²) in [6.45, 7) is 0.647. The number of rotatable bonds is 6. The fourth-order valence-corrected chi connectivity index (χ4v) is 2.66. The second kappa shape index (κ2) is 5.84. The van der Waals surface area contributed by atoms with Gasteiger partial charge >= 0.3 is 5.97 Å². The van der Waals surface area contributed by atoms with Gasteiger partial charge in [-0.15, -0.1) is 0 Å². The molecule has 0 aliphatic heterocycles. The summed E-state index contributed by atoms with van der Waals surface area (Å²) in [5.41, 5.74) is 1.05. The first-order valence-electron chi connectivity index (χ1n) is 6.35. The van der Waals surface area contributed by atoms with Crippen LogP contribution in [0.3, 0.4) is 0 Å². The van der Waals surface area contributed by atoms with Gasteiger partial charge in [-0.05, 0) is 23.6 Å². The van der Waals surface area contributed by atoms with E-state index in [2.05, 4.69) is 10.2 Å². The van der Waals surface area contributed by atoms with Gasteiger partial charge in [-0.3, -0.25) is 5.10 Å². The Labute approximate surface area is 124 Å². The van der Waals surface area contributed by atoms with Gasteiger partial charge in [-0.25, -0.2) is 4.79 Å². The van der Waals surface area contributed by atoms with Crippen LogP contribution in [0.5, 0.6) is 0 Å². The Morgan fingerprint density at radius 1 is 1.48 bits per heavy atom. The van der Waals surface area contributed by atoms with Gasteiger partial charge in [-0.1, -0.05) is 0 Å². The monoisotopic (exact) mass is 303 g/mol. The molecule has 0 spiro atoms. The van der Waals surface area contributed by atoms with Gasteiger partial charge in [0.05, 0.1) is 12.0 Å². The molecule has 108 valence electrons. The van der Waals surface area contributed by atoms with Crippen molar-refractivity contribution in [2.45, 2.75) is 6.42 Å². The molecule has 0 unspecified atom stereocenters. The molecule has 3 aromatic heterocycles. The second-order valence-electron chi connectivity index (χ2n) is 4.41. The van der Waals surface area contributed by atoms with Crippen LogP contribution in [-0.2, 0) is 6.42 Å². The molecule has 0 aromatic carbocycles. The van der Waals surface area contributed by atoms with E-state index in [1.165, 1.54) is 6.07 Å². The molecular formula is C14H13N3O3S. The molecule has 0 bridgehead atoms. The quantitative estimate of drug-likeness (QED) is 0.731. The molecule has 3 heterocycles. The molecule has 2 N–H and O–H groups in total. The number of furan rings is 1. The molecule has 0 saturated carbocycles. The summed E-state index contributed by atoms with van der Waals surface area (Å²) < 4.78 is 5.33. The zero-order chi connectivity index (χ0) is 14.7. The molecule has 0 atom stereocenters. The van der Waals surface area contributed by atoms with Crippen molar-refractivity contribution >= 4 is 28.8 Å². The Morgan fingerprint density at radius 2 is 2.38 bits per heavy atom. The standard InChI is InChI=1S/C14H13N3O3S/c18-14(19)12-8-13(16-15-12)17(10-4-7-21-9-10)5-3-11-2-1-6-20-11/h1-2,4,6-9H,3,5H2,(H,15,16)(H,18,19). The number of hydrogen-bond donors (Lipinski definition) is 2. The number of carboxylic acids is 1. The van der Waals surface area contributed by atoms with Crippen LogP contribution in [0.2, 0.25) is 0 Å². The van der Waals surface area contributed by atoms with E-state index in [1.54, 1.807) is 17.6 Å². The number of carbonyl (C=O) groups is 1. The fourth-order valence-electron chi connectivity index (χ4n) is 2.02. The molecule has 0 amide bonds. The third kappa shape index (κ3) is 2.97. The predicted molar refractivity (Wildman–Crippen MR) is 79.3 cm³/mol. The van der Waals surface area contributed by atoms with E-state index in [9.17, 15) is 4.79 Å². The van der Waals surface area contributed by atoms with Gasteiger partial charge in [0.1, 0.15) is 11.5 Å². The molecule has 3 rings (SSSR count). The Morgan fingerprint density at radius 3 is 3.00 bits per heavy atom. The number of carboxylic acid groups (broad SMARTS) is 1. The molecule has 0 aliphatic rings. The van der Waals surface area contributed by atoms with Gasteiger partial charge < -0.3 is 14.4 Å². The lowest BCUT2D eigenvalue weighted by Crippen LogP contribution is -2.19. The molecule has 7 heteroatoms. The van der Waals surface area contributed by atoms with Crippen molar-refractivity contribution in [2.24, 2.45) is 0 Å². The van der Waals surface area contributed by atoms with Crippen molar-refractivity contribution in [3.8, 4) is 0 Å². The number of nitrogens with zero attached hydrogens (tertiary/aromatic N) is 2. The Balaban J connectivity index is 1.83. The van der Waals surface area contributed by atoms with Gasteiger partial charge in [0, 0.05) is 24.4 Å². The average molecular weight is 303 g/mol. The first-order chi connectivity index (χ1) is 10.2. The third-order valence-electron chi connectivity index (χ3n) is 3.05. The van der Waals surface area contributed by atoms with Crippen molar-refractivity contribution in [1.82, 2.24) is 10.2 Å². The van der Waals surface area contributed by atoms with Crippen LogP contribution in [0.15, 0.2) is 45.7 Å². The van der Waals surface area contributed by atoms with E-state index in [1.807, 2.05) is 33.9 Å². The topological polar surface area (TPSA) is 82.4 Å². The maximum absolute atomic E-state index is 11.0. The minimum Gasteiger partial charge on any atom is -0.477 e. The average Bonchev–Trinajstić information content (AvgIpc) is 3.22. The molecule has 6 nitrogen and oxygen atoms in total. The zero-order valence-corrected chi connectivity index (χ0v) is 11.8. The van der Waals surface area contributed by atoms with E-state index >= 15 is 0 Å². The van der Waals surface area contributed by atoms with E-state index in [-0.39, 0.29) is 5.69 Å². The van der Waals surface area contributed by atoms with Crippen molar-refractivity contribution < 1.29 is 14.3 Å². The van der Waals surface area contributed by atoms with Gasteiger partial charge in [0.25, 0.3) is 0 Å². The van der Waals surface area contributed by atoms with Crippen LogP contribution in [-0.4, -0.2) is 27.8 Å². The lowest BCUT2D eigenvalue weighted by atomic mass is 10.3. The summed E-state index contributed by atoms with van der Waals surface area (Å²) in [5, 5.41) is 19.6. The highest BCUT2D eigenvalue weighted by atomic mass is 32.1. The number of H-pyrrole nitrogens is 1. The molecule has 0 saturated heterocycles. The first kappa shape index (κ1) is 13.4. The number of aromatic nitrogens is 2. The van der Waals surface area contributed by atoms with E-state index in [4.69, 9.17) is 9.52 Å². The van der Waals surface area contributed by atoms with E-state index < -0.39 is 5.97 Å². The number of aromatic amines is 1. The van der Waals surface area contributed by atoms with Crippen LogP contribution in [0.25, 0.3) is 0 Å². The highest BCUT2D eigenvalue weighted by molar-refractivity contribution is 7.08. The van der Waals surface area contributed by atoms with Crippen LogP contribution < -0.4 is 4.90 Å². The van der Waals surface area contributed by atoms with Crippen LogP contribution >= 0.6 is 11.3 Å². The summed E-state index contributed by atoms with van der Waals surface area (Å²) in [4.78, 5) is 12.9. The zero-order valence-electron chi connectivity index (χ0n) is 11.0. The minimum absolute atomic E-state index is 0.0724. The molecule has 21 heavy (non-hydrogen) atoms. The fraction of sp³-hybridized carbons (Fsp3) is 0.143. The summed E-state index contributed by atoms with van der Waals surface area (Å²) in [6.07, 6.45) is 2.35. The number of anilines is 2. The second-order valence-corrected chi connectivity index (χ2v) is 5.19. The van der Waals surface area contributed by atoms with Gasteiger partial charge in [0.15, 0.2) is 5.82 Å². The molecule has 0 aliphatic carbocycles. The maximum atomic E-state index is 11.0. The Hall–Kier alpha value is -2.54. The highest BCUT2D eigenvalue weighted by Crippen LogP contribution is 2.26. The van der Waals surface area contributed by atoms with Crippen molar-refractivity contribution in [2.75, 3.05) is 11.4 Å². The highest BCUT2D eigenvalue weighted by Gasteiger charge is 2.16. The summed E-state index contributed by atoms with van der Waals surface area (Å²) in [7, 11) is 0. The largest absolute Gasteiger partial charge is 0.477 e. The summed E-state index contributed by atoms with van der Waals surface area (Å²) >= 11 is 1.58. The summed E-state index contributed by atoms with van der Waals surface area (Å²) in [6, 6.07) is 7.27. The van der Waals surface area contributed by atoms with Crippen LogP contribution in [0.1, 0.15) is 16.2 Å². The Bertz CT molecular complexity index is 704. The normalized spacial score (nSPS) is 10.7. The smallest absolute Gasteiger partial charge is 0.353 e. The minimum atomic E-state index is -1.02. The van der Waals surface area contributed by atoms with Crippen molar-refractivity contribution in [3.63, 3.8) is 0 Å². The van der Waals surface area contributed by atoms with Crippen molar-refractivity contribution in [3.05, 3.63) is 52.7 Å². The number of hydrogen-bond acceptors (Lipinski definition) is 5. The van der Waals surface area contributed by atoms with Crippen molar-refractivity contribution in [1.29, 1.82) is 0 Å². The molecular weight excluding hydrogens is 290 g/mol. The molecule has 0 fully saturated rings. The van der Waals surface area contributed by atoms with Gasteiger partial charge in [0.2, 0.25) is 0 Å². The molecule has 0 radical (unpaired) electrons. The Kier molecular flexibility index (Phi) is 3.74. The number of thiophene rings is 1. The SMILES string of the molecule is O=C(O)c1cc(N(CCc2ccco2)c2ccsc2)n[nH]1. The summed E-state index contributed by atoms with van der Waals surface area (Å²) in [5.74, 6) is 0.437. The van der Waals surface area contributed by atoms with E-state index in [0.29, 0.717) is 18.8 Å². The van der Waals surface area contributed by atoms with E-state index in [0.717, 1.165) is 11.4 Å². The third-order valence-corrected chi connectivity index (χ3v) is 3.72. The van der Waals surface area contributed by atoms with Gasteiger partial charge in [-0.2, -0.15) is 16.4 Å². The lowest BCUT2D eigenvalue weighted by molar-refractivity contribution is 0.0690. The molecule has 3 aromatic rings. The number of nitrogens with one attached hydrogen (secondary N) is 1. The lowest BCUT2D eigenvalue weighted by Gasteiger charge is -2.20. The van der Waals surface area contributed by atoms with Crippen LogP contribution in [0, 0.1) is 0 Å². The first-order valence-corrected chi connectivity index (χ1v) is 7.29. The number of aromatic carboxylic acids is 1. The maximum Gasteiger partial charge on any atom is 0.353 e. The van der Waals surface area contributed by atoms with Crippen LogP contribution in [0.4, 0.5) is 11.5 Å².